The fraction of sp³-hybridized carbons (Fsp3) is 0.250. The van der Waals surface area contributed by atoms with E-state index in [4.69, 9.17) is 4.74 Å². The average molecular weight is 320 g/mol. The van der Waals surface area contributed by atoms with Crippen LogP contribution in [0.25, 0.3) is 0 Å². The van der Waals surface area contributed by atoms with Gasteiger partial charge in [-0.3, -0.25) is 9.36 Å². The van der Waals surface area contributed by atoms with Crippen molar-refractivity contribution in [2.24, 2.45) is 7.05 Å². The lowest BCUT2D eigenvalue weighted by Gasteiger charge is -2.18. The van der Waals surface area contributed by atoms with E-state index >= 15 is 0 Å². The summed E-state index contributed by atoms with van der Waals surface area (Å²) in [7, 11) is 2.69. The number of hydrogen-bond donors (Lipinski definition) is 2. The van der Waals surface area contributed by atoms with Gasteiger partial charge in [-0.05, 0) is 31.5 Å². The summed E-state index contributed by atoms with van der Waals surface area (Å²) in [6.45, 7) is 3.21. The molecule has 0 aliphatic carbocycles. The summed E-state index contributed by atoms with van der Waals surface area (Å²) in [6.07, 6.45) is 0. The largest absolute Gasteiger partial charge is 0.495 e. The molecule has 7 heteroatoms. The number of halogens is 1. The molecular weight excluding hydrogens is 303 g/mol. The minimum atomic E-state index is -1.28. The van der Waals surface area contributed by atoms with Crippen LogP contribution in [0.5, 0.6) is 5.75 Å². The van der Waals surface area contributed by atoms with Crippen molar-refractivity contribution < 1.29 is 19.0 Å². The Morgan fingerprint density at radius 1 is 1.35 bits per heavy atom. The van der Waals surface area contributed by atoms with Gasteiger partial charge in [0.05, 0.1) is 18.4 Å². The van der Waals surface area contributed by atoms with Gasteiger partial charge in [0.2, 0.25) is 0 Å². The maximum atomic E-state index is 14.0. The number of ether oxygens (including phenoxy) is 1. The van der Waals surface area contributed by atoms with Gasteiger partial charge in [-0.25, -0.2) is 9.18 Å². The maximum Gasteiger partial charge on any atom is 0.343 e. The zero-order chi connectivity index (χ0) is 17.3. The van der Waals surface area contributed by atoms with Gasteiger partial charge in [0, 0.05) is 7.05 Å². The molecule has 122 valence electrons. The number of carbonyl (C=O) groups is 1. The summed E-state index contributed by atoms with van der Waals surface area (Å²) < 4.78 is 20.2. The Kier molecular flexibility index (Phi) is 4.40. The van der Waals surface area contributed by atoms with Gasteiger partial charge in [0.25, 0.3) is 5.56 Å². The number of aryl methyl sites for hydroxylation is 1. The molecule has 0 unspecified atom stereocenters. The minimum Gasteiger partial charge on any atom is -0.495 e. The number of methoxy groups -OCH3 is 1. The van der Waals surface area contributed by atoms with Crippen LogP contribution in [-0.4, -0.2) is 22.8 Å². The number of aromatic carboxylic acids is 1. The van der Waals surface area contributed by atoms with Crippen molar-refractivity contribution >= 4 is 17.5 Å². The second-order valence-corrected chi connectivity index (χ2v) is 5.16. The maximum absolute atomic E-state index is 14.0. The minimum absolute atomic E-state index is 0.0457. The normalized spacial score (nSPS) is 10.5. The van der Waals surface area contributed by atoms with Crippen molar-refractivity contribution in [2.45, 2.75) is 13.8 Å². The molecule has 2 rings (SSSR count). The lowest BCUT2D eigenvalue weighted by atomic mass is 10.1. The van der Waals surface area contributed by atoms with Crippen LogP contribution in [0.2, 0.25) is 0 Å². The predicted molar refractivity (Wildman–Crippen MR) is 84.4 cm³/mol. The molecule has 0 radical (unpaired) electrons. The first-order valence-corrected chi connectivity index (χ1v) is 6.82. The van der Waals surface area contributed by atoms with Gasteiger partial charge in [-0.1, -0.05) is 6.07 Å². The Hall–Kier alpha value is -2.83. The summed E-state index contributed by atoms with van der Waals surface area (Å²) >= 11 is 0. The number of pyridine rings is 1. The van der Waals surface area contributed by atoms with E-state index in [-0.39, 0.29) is 28.4 Å². The molecule has 0 amide bonds. The van der Waals surface area contributed by atoms with E-state index in [0.717, 1.165) is 10.1 Å². The molecule has 0 aliphatic rings. The second-order valence-electron chi connectivity index (χ2n) is 5.16. The fourth-order valence-electron chi connectivity index (χ4n) is 2.36. The highest BCUT2D eigenvalue weighted by Crippen LogP contribution is 2.30. The van der Waals surface area contributed by atoms with Crippen LogP contribution >= 0.6 is 0 Å². The Labute approximate surface area is 132 Å². The van der Waals surface area contributed by atoms with Crippen LogP contribution in [0.15, 0.2) is 23.0 Å². The number of nitrogens with one attached hydrogen (secondary N) is 1. The van der Waals surface area contributed by atoms with Crippen LogP contribution < -0.4 is 15.6 Å². The zero-order valence-electron chi connectivity index (χ0n) is 13.2. The summed E-state index contributed by atoms with van der Waals surface area (Å²) in [4.78, 5) is 23.8. The number of nitrogens with zero attached hydrogens (tertiary/aromatic N) is 1. The molecular formula is C16H17FN2O4. The smallest absolute Gasteiger partial charge is 0.343 e. The molecule has 0 aliphatic heterocycles. The topological polar surface area (TPSA) is 80.6 Å². The fourth-order valence-corrected chi connectivity index (χ4v) is 2.36. The lowest BCUT2D eigenvalue weighted by molar-refractivity contribution is 0.0693. The molecule has 2 N–H and O–H groups in total. The van der Waals surface area contributed by atoms with E-state index in [1.54, 1.807) is 13.0 Å². The number of hydrogen-bond acceptors (Lipinski definition) is 4. The molecule has 0 atom stereocenters. The molecule has 1 aromatic heterocycles. The quantitative estimate of drug-likeness (QED) is 0.905. The van der Waals surface area contributed by atoms with Gasteiger partial charge in [0.15, 0.2) is 0 Å². The molecule has 0 bridgehead atoms. The molecule has 1 aromatic carbocycles. The van der Waals surface area contributed by atoms with Crippen LogP contribution in [0.3, 0.4) is 0 Å². The second kappa shape index (κ2) is 6.12. The number of carboxylic acids is 1. The Bertz CT molecular complexity index is 843. The van der Waals surface area contributed by atoms with E-state index in [1.807, 2.05) is 0 Å². The van der Waals surface area contributed by atoms with Gasteiger partial charge < -0.3 is 15.2 Å². The van der Waals surface area contributed by atoms with E-state index in [9.17, 15) is 19.1 Å². The molecule has 0 saturated carbocycles. The van der Waals surface area contributed by atoms with E-state index in [0.29, 0.717) is 0 Å². The number of carboxylic acid groups (broad SMARTS) is 1. The van der Waals surface area contributed by atoms with Crippen LogP contribution in [0.4, 0.5) is 15.9 Å². The van der Waals surface area contributed by atoms with Crippen molar-refractivity contribution in [1.29, 1.82) is 0 Å². The summed E-state index contributed by atoms with van der Waals surface area (Å²) in [5, 5.41) is 12.2. The first-order valence-electron chi connectivity index (χ1n) is 6.82. The molecule has 2 aromatic rings. The van der Waals surface area contributed by atoms with E-state index < -0.39 is 17.3 Å². The predicted octanol–water partition coefficient (Wildman–Crippen LogP) is 2.59. The van der Waals surface area contributed by atoms with Crippen molar-refractivity contribution in [3.05, 3.63) is 51.1 Å². The Morgan fingerprint density at radius 2 is 2.00 bits per heavy atom. The first-order chi connectivity index (χ1) is 10.8. The van der Waals surface area contributed by atoms with Crippen molar-refractivity contribution in [1.82, 2.24) is 4.57 Å². The third-order valence-corrected chi connectivity index (χ3v) is 3.56. The molecule has 6 nitrogen and oxygen atoms in total. The average Bonchev–Trinajstić information content (AvgIpc) is 2.49. The molecule has 1 heterocycles. The number of rotatable bonds is 4. The van der Waals surface area contributed by atoms with Crippen LogP contribution in [0, 0.1) is 19.7 Å². The Balaban J connectivity index is 2.72. The van der Waals surface area contributed by atoms with Crippen molar-refractivity contribution in [2.75, 3.05) is 12.4 Å². The monoisotopic (exact) mass is 320 g/mol. The third-order valence-electron chi connectivity index (χ3n) is 3.56. The van der Waals surface area contributed by atoms with Crippen molar-refractivity contribution in [3.8, 4) is 5.75 Å². The van der Waals surface area contributed by atoms with Gasteiger partial charge in [0.1, 0.15) is 22.9 Å². The first kappa shape index (κ1) is 16.5. The highest BCUT2D eigenvalue weighted by atomic mass is 19.1. The Morgan fingerprint density at radius 3 is 2.52 bits per heavy atom. The molecule has 23 heavy (non-hydrogen) atoms. The van der Waals surface area contributed by atoms with Gasteiger partial charge >= 0.3 is 5.97 Å². The highest BCUT2D eigenvalue weighted by molar-refractivity contribution is 5.97. The molecule has 0 fully saturated rings. The van der Waals surface area contributed by atoms with Gasteiger partial charge in [-0.15, -0.1) is 0 Å². The van der Waals surface area contributed by atoms with Crippen LogP contribution in [-0.2, 0) is 7.05 Å². The number of benzene rings is 1. The summed E-state index contributed by atoms with van der Waals surface area (Å²) in [5.74, 6) is -1.92. The van der Waals surface area contributed by atoms with Crippen LogP contribution in [0.1, 0.15) is 21.5 Å². The van der Waals surface area contributed by atoms with E-state index in [1.165, 1.54) is 33.2 Å². The molecule has 0 spiro atoms. The SMILES string of the molecule is COc1c(C(=O)O)c(Nc2ccc(C)cc2F)n(C)c(=O)c1C. The zero-order valence-corrected chi connectivity index (χ0v) is 13.2. The third kappa shape index (κ3) is 2.90. The number of anilines is 2. The highest BCUT2D eigenvalue weighted by Gasteiger charge is 2.24. The summed E-state index contributed by atoms with van der Waals surface area (Å²) in [5.41, 5.74) is 0.303. The number of aromatic nitrogens is 1. The molecule has 0 saturated heterocycles. The van der Waals surface area contributed by atoms with Gasteiger partial charge in [-0.2, -0.15) is 0 Å². The van der Waals surface area contributed by atoms with E-state index in [2.05, 4.69) is 5.32 Å². The van der Waals surface area contributed by atoms with Crippen molar-refractivity contribution in [3.63, 3.8) is 0 Å². The lowest BCUT2D eigenvalue weighted by Crippen LogP contribution is -2.26. The summed E-state index contributed by atoms with van der Waals surface area (Å²) in [6, 6.07) is 4.47. The standard InChI is InChI=1S/C16H17FN2O4/c1-8-5-6-11(10(17)7-8)18-14-12(16(21)22)13(23-4)9(2)15(20)19(14)3/h5-7,18H,1-4H3,(H,21,22).